The molecule has 0 saturated carbocycles. The number of hydrogen-bond acceptors (Lipinski definition) is 6. The van der Waals surface area contributed by atoms with E-state index in [-0.39, 0.29) is 10.7 Å². The molecule has 1 saturated heterocycles. The van der Waals surface area contributed by atoms with Crippen LogP contribution in [0.4, 0.5) is 0 Å². The van der Waals surface area contributed by atoms with Crippen LogP contribution in [0, 0.1) is 0 Å². The third-order valence-corrected chi connectivity index (χ3v) is 3.11. The molecule has 0 unspecified atom stereocenters. The van der Waals surface area contributed by atoms with Crippen molar-refractivity contribution in [3.05, 3.63) is 0 Å². The molecule has 1 aliphatic rings. The highest BCUT2D eigenvalue weighted by Crippen LogP contribution is 2.18. The quantitative estimate of drug-likeness (QED) is 0.556. The molecule has 6 heteroatoms. The lowest BCUT2D eigenvalue weighted by atomic mass is 10.2. The van der Waals surface area contributed by atoms with E-state index in [1.54, 1.807) is 0 Å². The van der Waals surface area contributed by atoms with Gasteiger partial charge in [-0.25, -0.2) is 0 Å². The van der Waals surface area contributed by atoms with Gasteiger partial charge in [-0.2, -0.15) is 0 Å². The molecule has 0 aliphatic carbocycles. The van der Waals surface area contributed by atoms with Crippen molar-refractivity contribution < 1.29 is 14.3 Å². The zero-order valence-electron chi connectivity index (χ0n) is 9.90. The highest BCUT2D eigenvalue weighted by atomic mass is 32.2. The minimum Gasteiger partial charge on any atom is -0.463 e. The van der Waals surface area contributed by atoms with Gasteiger partial charge in [0.25, 0.3) is 0 Å². The Morgan fingerprint density at radius 1 is 1.50 bits per heavy atom. The molecular formula is C10H20N2O3S. The van der Waals surface area contributed by atoms with Crippen LogP contribution in [-0.4, -0.2) is 55.1 Å². The number of morpholine rings is 1. The molecule has 0 radical (unpaired) electrons. The van der Waals surface area contributed by atoms with Gasteiger partial charge in [0.15, 0.2) is 0 Å². The van der Waals surface area contributed by atoms with Gasteiger partial charge in [-0.1, -0.05) is 11.9 Å². The first-order valence-electron chi connectivity index (χ1n) is 5.37. The Kier molecular flexibility index (Phi) is 5.54. The normalized spacial score (nSPS) is 18.4. The molecule has 94 valence electrons. The van der Waals surface area contributed by atoms with E-state index in [0.717, 1.165) is 13.1 Å². The third-order valence-electron chi connectivity index (χ3n) is 2.36. The molecule has 2 N–H and O–H groups in total. The first-order chi connectivity index (χ1) is 7.53. The Hall–Kier alpha value is -0.300. The highest BCUT2D eigenvalue weighted by Gasteiger charge is 2.21. The van der Waals surface area contributed by atoms with Gasteiger partial charge in [-0.05, 0) is 13.8 Å². The highest BCUT2D eigenvalue weighted by molar-refractivity contribution is 7.98. The van der Waals surface area contributed by atoms with E-state index >= 15 is 0 Å². The predicted molar refractivity (Wildman–Crippen MR) is 64.1 cm³/mol. The van der Waals surface area contributed by atoms with Gasteiger partial charge in [0.05, 0.1) is 24.5 Å². The van der Waals surface area contributed by atoms with E-state index in [1.165, 1.54) is 11.9 Å². The van der Waals surface area contributed by atoms with Crippen molar-refractivity contribution in [3.8, 4) is 0 Å². The zero-order chi connectivity index (χ0) is 12.0. The van der Waals surface area contributed by atoms with Crippen molar-refractivity contribution in [2.45, 2.75) is 18.6 Å². The fraction of sp³-hybridized carbons (Fsp3) is 0.900. The third kappa shape index (κ3) is 5.16. The van der Waals surface area contributed by atoms with Crippen LogP contribution >= 0.6 is 11.9 Å². The topological polar surface area (TPSA) is 64.8 Å². The largest absolute Gasteiger partial charge is 0.463 e. The van der Waals surface area contributed by atoms with Crippen molar-refractivity contribution in [2.24, 2.45) is 5.14 Å². The van der Waals surface area contributed by atoms with Gasteiger partial charge in [0.2, 0.25) is 0 Å². The number of nitrogens with zero attached hydrogens (tertiary/aromatic N) is 1. The van der Waals surface area contributed by atoms with Gasteiger partial charge in [-0.15, -0.1) is 0 Å². The fourth-order valence-corrected chi connectivity index (χ4v) is 1.40. The molecule has 5 nitrogen and oxygen atoms in total. The van der Waals surface area contributed by atoms with E-state index in [1.807, 2.05) is 18.7 Å². The molecule has 1 rings (SSSR count). The summed E-state index contributed by atoms with van der Waals surface area (Å²) in [5.41, 5.74) is 0. The number of esters is 1. The SMILES string of the molecule is CC(C)(COC(=O)CN1CCOCC1)SN. The number of rotatable bonds is 5. The molecule has 0 aromatic rings. The van der Waals surface area contributed by atoms with Gasteiger partial charge in [-0.3, -0.25) is 14.8 Å². The summed E-state index contributed by atoms with van der Waals surface area (Å²) in [4.78, 5) is 13.6. The van der Waals surface area contributed by atoms with Crippen LogP contribution in [-0.2, 0) is 14.3 Å². The standard InChI is InChI=1S/C10H20N2O3S/c1-10(2,16-11)8-15-9(13)7-12-3-5-14-6-4-12/h3-8,11H2,1-2H3. The van der Waals surface area contributed by atoms with E-state index in [0.29, 0.717) is 26.4 Å². The Morgan fingerprint density at radius 2 is 2.12 bits per heavy atom. The summed E-state index contributed by atoms with van der Waals surface area (Å²) in [5, 5.41) is 5.48. The summed E-state index contributed by atoms with van der Waals surface area (Å²) in [6.07, 6.45) is 0. The van der Waals surface area contributed by atoms with Gasteiger partial charge < -0.3 is 9.47 Å². The second-order valence-electron chi connectivity index (χ2n) is 4.43. The molecule has 1 aliphatic heterocycles. The Bertz CT molecular complexity index is 230. The molecule has 0 amide bonds. The molecular weight excluding hydrogens is 228 g/mol. The summed E-state index contributed by atoms with van der Waals surface area (Å²) in [6, 6.07) is 0. The zero-order valence-corrected chi connectivity index (χ0v) is 10.7. The first-order valence-corrected chi connectivity index (χ1v) is 6.25. The van der Waals surface area contributed by atoms with E-state index in [2.05, 4.69) is 0 Å². The maximum atomic E-state index is 11.5. The molecule has 16 heavy (non-hydrogen) atoms. The molecule has 1 fully saturated rings. The first kappa shape index (κ1) is 13.8. The molecule has 0 bridgehead atoms. The van der Waals surface area contributed by atoms with Crippen molar-refractivity contribution in [2.75, 3.05) is 39.5 Å². The summed E-state index contributed by atoms with van der Waals surface area (Å²) >= 11 is 1.20. The fourth-order valence-electron chi connectivity index (χ4n) is 1.28. The lowest BCUT2D eigenvalue weighted by molar-refractivity contribution is -0.146. The molecule has 1 heterocycles. The number of nitrogens with two attached hydrogens (primary N) is 1. The Balaban J connectivity index is 2.19. The van der Waals surface area contributed by atoms with Crippen molar-refractivity contribution >= 4 is 17.9 Å². The second kappa shape index (κ2) is 6.44. The van der Waals surface area contributed by atoms with Gasteiger partial charge in [0, 0.05) is 13.1 Å². The Morgan fingerprint density at radius 3 is 2.69 bits per heavy atom. The molecule has 0 spiro atoms. The smallest absolute Gasteiger partial charge is 0.320 e. The number of carbonyl (C=O) groups excluding carboxylic acids is 1. The summed E-state index contributed by atoms with van der Waals surface area (Å²) in [5.74, 6) is -0.191. The summed E-state index contributed by atoms with van der Waals surface area (Å²) < 4.78 is 10.2. The van der Waals surface area contributed by atoms with Crippen LogP contribution in [0.15, 0.2) is 0 Å². The van der Waals surface area contributed by atoms with Crippen molar-refractivity contribution in [3.63, 3.8) is 0 Å². The van der Waals surface area contributed by atoms with Gasteiger partial charge >= 0.3 is 5.97 Å². The predicted octanol–water partition coefficient (Wildman–Crippen LogP) is 0.247. The maximum absolute atomic E-state index is 11.5. The minimum absolute atomic E-state index is 0.191. The minimum atomic E-state index is -0.222. The van der Waals surface area contributed by atoms with Crippen molar-refractivity contribution in [1.82, 2.24) is 4.90 Å². The summed E-state index contributed by atoms with van der Waals surface area (Å²) in [6.45, 7) is 7.55. The number of carbonyl (C=O) groups is 1. The number of ether oxygens (including phenoxy) is 2. The summed E-state index contributed by atoms with van der Waals surface area (Å²) in [7, 11) is 0. The lowest BCUT2D eigenvalue weighted by Gasteiger charge is -2.26. The lowest BCUT2D eigenvalue weighted by Crippen LogP contribution is -2.40. The van der Waals surface area contributed by atoms with E-state index in [4.69, 9.17) is 14.6 Å². The molecule has 0 aromatic carbocycles. The van der Waals surface area contributed by atoms with Crippen LogP contribution in [0.5, 0.6) is 0 Å². The second-order valence-corrected chi connectivity index (χ2v) is 5.77. The number of hydrogen-bond donors (Lipinski definition) is 1. The van der Waals surface area contributed by atoms with Crippen LogP contribution < -0.4 is 5.14 Å². The maximum Gasteiger partial charge on any atom is 0.320 e. The van der Waals surface area contributed by atoms with Crippen molar-refractivity contribution in [1.29, 1.82) is 0 Å². The van der Waals surface area contributed by atoms with Crippen LogP contribution in [0.1, 0.15) is 13.8 Å². The molecule has 0 atom stereocenters. The van der Waals surface area contributed by atoms with E-state index in [9.17, 15) is 4.79 Å². The van der Waals surface area contributed by atoms with Crippen LogP contribution in [0.2, 0.25) is 0 Å². The van der Waals surface area contributed by atoms with Gasteiger partial charge in [0.1, 0.15) is 6.61 Å². The van der Waals surface area contributed by atoms with Crippen LogP contribution in [0.3, 0.4) is 0 Å². The Labute approximate surface area is 101 Å². The molecule has 0 aromatic heterocycles. The average Bonchev–Trinajstić information content (AvgIpc) is 2.28. The average molecular weight is 248 g/mol. The van der Waals surface area contributed by atoms with Crippen LogP contribution in [0.25, 0.3) is 0 Å². The monoisotopic (exact) mass is 248 g/mol. The van der Waals surface area contributed by atoms with E-state index < -0.39 is 0 Å².